The molecule has 0 atom stereocenters. The van der Waals surface area contributed by atoms with Gasteiger partial charge in [-0.3, -0.25) is 9.78 Å². The van der Waals surface area contributed by atoms with Crippen molar-refractivity contribution in [3.8, 4) is 0 Å². The molecule has 0 aliphatic carbocycles. The van der Waals surface area contributed by atoms with E-state index in [1.807, 2.05) is 12.1 Å². The van der Waals surface area contributed by atoms with E-state index < -0.39 is 0 Å². The molecule has 0 bridgehead atoms. The van der Waals surface area contributed by atoms with Gasteiger partial charge in [-0.1, -0.05) is 11.6 Å². The molecule has 0 amide bonds. The summed E-state index contributed by atoms with van der Waals surface area (Å²) in [6, 6.07) is 3.74. The lowest BCUT2D eigenvalue weighted by Gasteiger charge is -2.05. The van der Waals surface area contributed by atoms with Crippen LogP contribution in [0.2, 0.25) is 5.02 Å². The monoisotopic (exact) mass is 236 g/mol. The van der Waals surface area contributed by atoms with Crippen molar-refractivity contribution in [1.29, 1.82) is 0 Å². The summed E-state index contributed by atoms with van der Waals surface area (Å²) >= 11 is 5.78. The van der Waals surface area contributed by atoms with Crippen LogP contribution < -0.4 is 10.9 Å². The van der Waals surface area contributed by atoms with Crippen molar-refractivity contribution in [3.05, 3.63) is 51.8 Å². The van der Waals surface area contributed by atoms with E-state index in [1.165, 1.54) is 6.33 Å². The Hall–Kier alpha value is -1.88. The first-order chi connectivity index (χ1) is 7.77. The van der Waals surface area contributed by atoms with Gasteiger partial charge in [0.15, 0.2) is 5.82 Å². The number of hydrogen-bond acceptors (Lipinski definition) is 4. The van der Waals surface area contributed by atoms with E-state index in [0.29, 0.717) is 12.4 Å². The highest BCUT2D eigenvalue weighted by molar-refractivity contribution is 6.32. The molecule has 82 valence electrons. The highest BCUT2D eigenvalue weighted by Crippen LogP contribution is 2.13. The minimum atomic E-state index is -0.353. The molecule has 0 saturated carbocycles. The molecule has 0 fully saturated rings. The molecule has 0 radical (unpaired) electrons. The molecule has 0 spiro atoms. The van der Waals surface area contributed by atoms with Crippen molar-refractivity contribution >= 4 is 17.4 Å². The predicted molar refractivity (Wildman–Crippen MR) is 61.4 cm³/mol. The minimum absolute atomic E-state index is 0.0663. The van der Waals surface area contributed by atoms with Gasteiger partial charge in [0.05, 0.1) is 6.33 Å². The summed E-state index contributed by atoms with van der Waals surface area (Å²) in [5.74, 6) is 0.377. The van der Waals surface area contributed by atoms with Crippen LogP contribution in [0.15, 0.2) is 35.6 Å². The predicted octanol–water partition coefficient (Wildman–Crippen LogP) is 1.43. The molecular formula is C10H9ClN4O. The van der Waals surface area contributed by atoms with E-state index in [2.05, 4.69) is 20.3 Å². The van der Waals surface area contributed by atoms with Crippen molar-refractivity contribution in [2.45, 2.75) is 6.54 Å². The van der Waals surface area contributed by atoms with Crippen molar-refractivity contribution in [1.82, 2.24) is 15.0 Å². The molecule has 0 aromatic carbocycles. The highest BCUT2D eigenvalue weighted by Gasteiger charge is 2.04. The zero-order valence-corrected chi connectivity index (χ0v) is 9.03. The summed E-state index contributed by atoms with van der Waals surface area (Å²) in [4.78, 5) is 21.4. The number of nitrogens with zero attached hydrogens (tertiary/aromatic N) is 2. The van der Waals surface area contributed by atoms with Crippen LogP contribution in [0.4, 0.5) is 5.82 Å². The first-order valence-corrected chi connectivity index (χ1v) is 5.01. The van der Waals surface area contributed by atoms with Crippen LogP contribution >= 0.6 is 11.6 Å². The fourth-order valence-electron chi connectivity index (χ4n) is 1.19. The van der Waals surface area contributed by atoms with E-state index in [-0.39, 0.29) is 10.6 Å². The lowest BCUT2D eigenvalue weighted by atomic mass is 10.3. The molecular weight excluding hydrogens is 228 g/mol. The van der Waals surface area contributed by atoms with Crippen molar-refractivity contribution < 1.29 is 0 Å². The number of H-pyrrole nitrogens is 1. The van der Waals surface area contributed by atoms with Gasteiger partial charge in [-0.05, 0) is 17.7 Å². The summed E-state index contributed by atoms with van der Waals surface area (Å²) in [7, 11) is 0. The Morgan fingerprint density at radius 2 is 2.12 bits per heavy atom. The number of nitrogens with one attached hydrogen (secondary N) is 2. The Bertz CT molecular complexity index is 526. The average Bonchev–Trinajstić information content (AvgIpc) is 2.32. The first-order valence-electron chi connectivity index (χ1n) is 4.63. The number of hydrogen-bond donors (Lipinski definition) is 2. The zero-order valence-electron chi connectivity index (χ0n) is 8.27. The molecule has 16 heavy (non-hydrogen) atoms. The third-order valence-electron chi connectivity index (χ3n) is 2.01. The molecule has 2 heterocycles. The smallest absolute Gasteiger partial charge is 0.271 e. The molecule has 2 rings (SSSR count). The second kappa shape index (κ2) is 4.76. The van der Waals surface area contributed by atoms with Gasteiger partial charge in [-0.2, -0.15) is 0 Å². The number of halogens is 1. The van der Waals surface area contributed by atoms with Crippen molar-refractivity contribution in [3.63, 3.8) is 0 Å². The summed E-state index contributed by atoms with van der Waals surface area (Å²) in [6.07, 6.45) is 4.71. The quantitative estimate of drug-likeness (QED) is 0.846. The van der Waals surface area contributed by atoms with Crippen LogP contribution in [0, 0.1) is 0 Å². The molecule has 2 aromatic heterocycles. The van der Waals surface area contributed by atoms with Crippen LogP contribution in [0.1, 0.15) is 5.56 Å². The third kappa shape index (κ3) is 2.38. The second-order valence-electron chi connectivity index (χ2n) is 3.10. The molecule has 6 heteroatoms. The summed E-state index contributed by atoms with van der Waals surface area (Å²) < 4.78 is 0. The SMILES string of the molecule is O=c1[nH]cnc(NCc2ccncc2)c1Cl. The molecule has 0 aliphatic heterocycles. The molecule has 2 aromatic rings. The van der Waals surface area contributed by atoms with E-state index >= 15 is 0 Å². The minimum Gasteiger partial charge on any atom is -0.365 e. The summed E-state index contributed by atoms with van der Waals surface area (Å²) in [6.45, 7) is 0.540. The van der Waals surface area contributed by atoms with E-state index in [1.54, 1.807) is 12.4 Å². The Morgan fingerprint density at radius 1 is 1.38 bits per heavy atom. The van der Waals surface area contributed by atoms with Crippen LogP contribution in [-0.4, -0.2) is 15.0 Å². The van der Waals surface area contributed by atoms with Crippen LogP contribution in [0.3, 0.4) is 0 Å². The Morgan fingerprint density at radius 3 is 2.88 bits per heavy atom. The Labute approximate surface area is 96.5 Å². The van der Waals surface area contributed by atoms with Crippen LogP contribution in [0.5, 0.6) is 0 Å². The van der Waals surface area contributed by atoms with E-state index in [9.17, 15) is 4.79 Å². The lowest BCUT2D eigenvalue weighted by molar-refractivity contribution is 1.06. The normalized spacial score (nSPS) is 10.1. The van der Waals surface area contributed by atoms with Crippen molar-refractivity contribution in [2.75, 3.05) is 5.32 Å². The lowest BCUT2D eigenvalue weighted by Crippen LogP contribution is -2.11. The van der Waals surface area contributed by atoms with Crippen LogP contribution in [-0.2, 0) is 6.54 Å². The van der Waals surface area contributed by atoms with Crippen LogP contribution in [0.25, 0.3) is 0 Å². The average molecular weight is 237 g/mol. The van der Waals surface area contributed by atoms with E-state index in [0.717, 1.165) is 5.56 Å². The van der Waals surface area contributed by atoms with Gasteiger partial charge >= 0.3 is 0 Å². The fraction of sp³-hybridized carbons (Fsp3) is 0.100. The number of pyridine rings is 1. The van der Waals surface area contributed by atoms with Gasteiger partial charge in [0.25, 0.3) is 5.56 Å². The maximum atomic E-state index is 11.2. The number of aromatic amines is 1. The topological polar surface area (TPSA) is 70.7 Å². The number of aromatic nitrogens is 3. The van der Waals surface area contributed by atoms with Gasteiger partial charge in [-0.25, -0.2) is 4.98 Å². The molecule has 5 nitrogen and oxygen atoms in total. The Kier molecular flexibility index (Phi) is 3.16. The zero-order chi connectivity index (χ0) is 11.4. The highest BCUT2D eigenvalue weighted by atomic mass is 35.5. The number of rotatable bonds is 3. The number of anilines is 1. The van der Waals surface area contributed by atoms with E-state index in [4.69, 9.17) is 11.6 Å². The molecule has 0 unspecified atom stereocenters. The molecule has 0 aliphatic rings. The van der Waals surface area contributed by atoms with Gasteiger partial charge < -0.3 is 10.3 Å². The second-order valence-corrected chi connectivity index (χ2v) is 3.48. The molecule has 0 saturated heterocycles. The van der Waals surface area contributed by atoms with Gasteiger partial charge in [-0.15, -0.1) is 0 Å². The summed E-state index contributed by atoms with van der Waals surface area (Å²) in [5, 5.41) is 3.05. The maximum absolute atomic E-state index is 11.2. The van der Waals surface area contributed by atoms with Crippen molar-refractivity contribution in [2.24, 2.45) is 0 Å². The van der Waals surface area contributed by atoms with Gasteiger partial charge in [0.2, 0.25) is 0 Å². The standard InChI is InChI=1S/C10H9ClN4O/c11-8-9(14-6-15-10(8)16)13-5-7-1-3-12-4-2-7/h1-4,6H,5H2,(H2,13,14,15,16). The third-order valence-corrected chi connectivity index (χ3v) is 2.36. The fourth-order valence-corrected chi connectivity index (χ4v) is 1.36. The first kappa shape index (κ1) is 10.6. The Balaban J connectivity index is 2.11. The maximum Gasteiger partial charge on any atom is 0.271 e. The molecule has 2 N–H and O–H groups in total. The van der Waals surface area contributed by atoms with Gasteiger partial charge in [0, 0.05) is 18.9 Å². The summed E-state index contributed by atoms with van der Waals surface area (Å²) in [5.41, 5.74) is 0.682. The van der Waals surface area contributed by atoms with Gasteiger partial charge in [0.1, 0.15) is 5.02 Å². The largest absolute Gasteiger partial charge is 0.365 e.